The van der Waals surface area contributed by atoms with Crippen molar-refractivity contribution in [2.75, 3.05) is 12.3 Å². The lowest BCUT2D eigenvalue weighted by molar-refractivity contribution is 0.466. The van der Waals surface area contributed by atoms with Gasteiger partial charge in [0.1, 0.15) is 0 Å². The molecule has 0 saturated heterocycles. The number of nitrogens with one attached hydrogen (secondary N) is 1. The summed E-state index contributed by atoms with van der Waals surface area (Å²) in [4.78, 5) is 0. The second-order valence-electron chi connectivity index (χ2n) is 7.51. The van der Waals surface area contributed by atoms with Gasteiger partial charge in [-0.2, -0.15) is 8.42 Å². The third-order valence-corrected chi connectivity index (χ3v) is 5.47. The molecule has 0 saturated carbocycles. The minimum absolute atomic E-state index is 0.205. The van der Waals surface area contributed by atoms with Crippen LogP contribution in [0.2, 0.25) is 0 Å². The van der Waals surface area contributed by atoms with Crippen LogP contribution in [0.1, 0.15) is 104 Å². The fourth-order valence-electron chi connectivity index (χ4n) is 3.06. The largest absolute Gasteiger partial charge is 0.313 e. The Morgan fingerprint density at radius 1 is 0.846 bits per heavy atom. The first-order valence-electron chi connectivity index (χ1n) is 10.8. The van der Waals surface area contributed by atoms with Gasteiger partial charge in [-0.25, -0.2) is 0 Å². The van der Waals surface area contributed by atoms with E-state index in [1.807, 2.05) is 0 Å². The van der Waals surface area contributed by atoms with Gasteiger partial charge in [0.25, 0.3) is 10.1 Å². The van der Waals surface area contributed by atoms with Crippen molar-refractivity contribution in [2.45, 2.75) is 110 Å². The van der Waals surface area contributed by atoms with E-state index < -0.39 is 10.1 Å². The molecule has 0 heterocycles. The van der Waals surface area contributed by atoms with Crippen LogP contribution in [0.3, 0.4) is 0 Å². The van der Waals surface area contributed by atoms with Gasteiger partial charge in [-0.15, -0.1) is 0 Å². The molecule has 0 bridgehead atoms. The summed E-state index contributed by atoms with van der Waals surface area (Å²) in [5.41, 5.74) is 0. The van der Waals surface area contributed by atoms with Gasteiger partial charge in [0.15, 0.2) is 0 Å². The van der Waals surface area contributed by atoms with Gasteiger partial charge in [0.05, 0.1) is 5.75 Å². The van der Waals surface area contributed by atoms with E-state index in [1.165, 1.54) is 83.5 Å². The van der Waals surface area contributed by atoms with Gasteiger partial charge in [-0.05, 0) is 39.0 Å². The summed E-state index contributed by atoms with van der Waals surface area (Å²) in [7, 11) is -3.84. The molecule has 0 radical (unpaired) electrons. The average Bonchev–Trinajstić information content (AvgIpc) is 2.57. The van der Waals surface area contributed by atoms with Crippen molar-refractivity contribution < 1.29 is 13.0 Å². The molecule has 1 atom stereocenters. The van der Waals surface area contributed by atoms with Gasteiger partial charge in [0, 0.05) is 12.6 Å². The molecular weight excluding hydrogens is 346 g/mol. The van der Waals surface area contributed by atoms with Crippen LogP contribution < -0.4 is 5.32 Å². The molecule has 156 valence electrons. The molecule has 2 N–H and O–H groups in total. The highest BCUT2D eigenvalue weighted by molar-refractivity contribution is 7.85. The van der Waals surface area contributed by atoms with E-state index in [4.69, 9.17) is 4.55 Å². The molecule has 5 heteroatoms. The molecule has 4 nitrogen and oxygen atoms in total. The first-order chi connectivity index (χ1) is 12.5. The Morgan fingerprint density at radius 3 is 1.88 bits per heavy atom. The number of allylic oxidation sites excluding steroid dienone is 2. The molecule has 0 aliphatic heterocycles. The van der Waals surface area contributed by atoms with Gasteiger partial charge in [-0.1, -0.05) is 76.9 Å². The Morgan fingerprint density at radius 2 is 1.35 bits per heavy atom. The van der Waals surface area contributed by atoms with E-state index in [-0.39, 0.29) is 5.75 Å². The minimum atomic E-state index is -3.84. The molecule has 1 unspecified atom stereocenters. The summed E-state index contributed by atoms with van der Waals surface area (Å²) in [6, 6.07) is 0.307. The lowest BCUT2D eigenvalue weighted by Gasteiger charge is -2.12. The van der Waals surface area contributed by atoms with Crippen molar-refractivity contribution in [1.29, 1.82) is 0 Å². The van der Waals surface area contributed by atoms with E-state index >= 15 is 0 Å². The number of hydrogen-bond acceptors (Lipinski definition) is 3. The summed E-state index contributed by atoms with van der Waals surface area (Å²) >= 11 is 0. The maximum Gasteiger partial charge on any atom is 0.266 e. The zero-order chi connectivity index (χ0) is 19.5. The fraction of sp³-hybridized carbons (Fsp3) is 0.905. The SMILES string of the molecule is CCCCCCCCC=CCCCCCCCC(C)NCCS(=O)(=O)O. The lowest BCUT2D eigenvalue weighted by Crippen LogP contribution is -2.30. The lowest BCUT2D eigenvalue weighted by atomic mass is 10.1. The fourth-order valence-corrected chi connectivity index (χ4v) is 3.43. The van der Waals surface area contributed by atoms with Crippen LogP contribution in [0.5, 0.6) is 0 Å². The van der Waals surface area contributed by atoms with Crippen LogP contribution in [0.15, 0.2) is 12.2 Å². The summed E-state index contributed by atoms with van der Waals surface area (Å²) in [5, 5.41) is 3.14. The van der Waals surface area contributed by atoms with Crippen molar-refractivity contribution in [1.82, 2.24) is 5.32 Å². The zero-order valence-electron chi connectivity index (χ0n) is 17.2. The van der Waals surface area contributed by atoms with Crippen molar-refractivity contribution in [3.8, 4) is 0 Å². The highest BCUT2D eigenvalue weighted by atomic mass is 32.2. The number of unbranched alkanes of at least 4 members (excludes halogenated alkanes) is 11. The zero-order valence-corrected chi connectivity index (χ0v) is 18.0. The normalized spacial score (nSPS) is 13.5. The quantitative estimate of drug-likeness (QED) is 0.164. The Balaban J connectivity index is 3.26. The van der Waals surface area contributed by atoms with Gasteiger partial charge in [0.2, 0.25) is 0 Å². The summed E-state index contributed by atoms with van der Waals surface area (Å²) in [5.74, 6) is -0.205. The van der Waals surface area contributed by atoms with E-state index in [1.54, 1.807) is 0 Å². The minimum Gasteiger partial charge on any atom is -0.313 e. The van der Waals surface area contributed by atoms with Crippen molar-refractivity contribution in [2.24, 2.45) is 0 Å². The topological polar surface area (TPSA) is 66.4 Å². The summed E-state index contributed by atoms with van der Waals surface area (Å²) in [6.45, 7) is 4.65. The van der Waals surface area contributed by atoms with Crippen LogP contribution >= 0.6 is 0 Å². The van der Waals surface area contributed by atoms with Gasteiger partial charge < -0.3 is 5.32 Å². The molecule has 0 rings (SSSR count). The molecule has 0 fully saturated rings. The molecule has 0 aliphatic carbocycles. The molecule has 0 aromatic rings. The Kier molecular flexibility index (Phi) is 17.7. The van der Waals surface area contributed by atoms with Crippen LogP contribution in [-0.2, 0) is 10.1 Å². The monoisotopic (exact) mass is 389 g/mol. The third kappa shape index (κ3) is 21.7. The van der Waals surface area contributed by atoms with E-state index in [0.717, 1.165) is 6.42 Å². The van der Waals surface area contributed by atoms with Gasteiger partial charge >= 0.3 is 0 Å². The first-order valence-corrected chi connectivity index (χ1v) is 12.4. The Bertz CT molecular complexity index is 421. The smallest absolute Gasteiger partial charge is 0.266 e. The molecule has 0 aliphatic rings. The van der Waals surface area contributed by atoms with Gasteiger partial charge in [-0.3, -0.25) is 4.55 Å². The maximum atomic E-state index is 10.6. The van der Waals surface area contributed by atoms with Crippen LogP contribution in [0, 0.1) is 0 Å². The van der Waals surface area contributed by atoms with E-state index in [9.17, 15) is 8.42 Å². The van der Waals surface area contributed by atoms with Crippen molar-refractivity contribution >= 4 is 10.1 Å². The Hall–Kier alpha value is -0.390. The highest BCUT2D eigenvalue weighted by Gasteiger charge is 2.06. The molecule has 26 heavy (non-hydrogen) atoms. The number of hydrogen-bond donors (Lipinski definition) is 2. The maximum absolute atomic E-state index is 10.6. The Labute approximate surface area is 163 Å². The molecule has 0 aromatic carbocycles. The molecule has 0 aromatic heterocycles. The predicted octanol–water partition coefficient (Wildman–Crippen LogP) is 5.89. The molecule has 0 spiro atoms. The second kappa shape index (κ2) is 18.0. The molecular formula is C21H43NO3S. The predicted molar refractivity (Wildman–Crippen MR) is 113 cm³/mol. The average molecular weight is 390 g/mol. The van der Waals surface area contributed by atoms with Crippen molar-refractivity contribution in [3.05, 3.63) is 12.2 Å². The van der Waals surface area contributed by atoms with Crippen LogP contribution in [-0.4, -0.2) is 31.3 Å². The van der Waals surface area contributed by atoms with Crippen LogP contribution in [0.4, 0.5) is 0 Å². The molecule has 0 amide bonds. The summed E-state index contributed by atoms with van der Waals surface area (Å²) in [6.07, 6.45) is 22.8. The highest BCUT2D eigenvalue weighted by Crippen LogP contribution is 2.10. The van der Waals surface area contributed by atoms with E-state index in [0.29, 0.717) is 12.6 Å². The summed E-state index contributed by atoms with van der Waals surface area (Å²) < 4.78 is 29.9. The first kappa shape index (κ1) is 25.6. The van der Waals surface area contributed by atoms with Crippen molar-refractivity contribution in [3.63, 3.8) is 0 Å². The van der Waals surface area contributed by atoms with E-state index in [2.05, 4.69) is 31.3 Å². The second-order valence-corrected chi connectivity index (χ2v) is 9.09. The standard InChI is InChI=1S/C21H43NO3S/c1-3-4-5-6-7-8-9-10-11-12-13-14-15-16-17-18-21(2)22-19-20-26(23,24)25/h10-11,21-22H,3-9,12-20H2,1-2H3,(H,23,24,25). The number of rotatable bonds is 19. The third-order valence-electron chi connectivity index (χ3n) is 4.75. The van der Waals surface area contributed by atoms with Crippen LogP contribution in [0.25, 0.3) is 0 Å².